The number of rotatable bonds is 3. The molecule has 1 aromatic carbocycles. The van der Waals surface area contributed by atoms with Gasteiger partial charge in [-0.15, -0.1) is 0 Å². The second kappa shape index (κ2) is 4.91. The molecule has 0 unspecified atom stereocenters. The molecule has 0 bridgehead atoms. The van der Waals surface area contributed by atoms with Crippen LogP contribution in [0.1, 0.15) is 19.0 Å². The van der Waals surface area contributed by atoms with Crippen molar-refractivity contribution < 1.29 is 4.79 Å². The molecule has 1 N–H and O–H groups in total. The van der Waals surface area contributed by atoms with Crippen molar-refractivity contribution in [3.05, 3.63) is 46.4 Å². The van der Waals surface area contributed by atoms with E-state index in [-0.39, 0.29) is 17.4 Å². The van der Waals surface area contributed by atoms with E-state index in [4.69, 9.17) is 0 Å². The standard InChI is InChI=1S/C16H19N3O2/c1-10-9-13(10)15(20)17-14-11(2)18(3)19(16(14)21)12-7-5-4-6-8-12/h4-8,10,13H,9H2,1-3H3,(H,17,20)/t10-,13+/m0/s1. The Morgan fingerprint density at radius 2 is 1.90 bits per heavy atom. The van der Waals surface area contributed by atoms with Gasteiger partial charge in [0.15, 0.2) is 0 Å². The number of para-hydroxylation sites is 1. The third kappa shape index (κ3) is 2.28. The number of aromatic nitrogens is 2. The molecular formula is C16H19N3O2. The van der Waals surface area contributed by atoms with Crippen molar-refractivity contribution in [3.8, 4) is 5.69 Å². The van der Waals surface area contributed by atoms with Crippen molar-refractivity contribution in [2.45, 2.75) is 20.3 Å². The van der Waals surface area contributed by atoms with Crippen molar-refractivity contribution in [1.29, 1.82) is 0 Å². The van der Waals surface area contributed by atoms with Crippen molar-refractivity contribution in [3.63, 3.8) is 0 Å². The van der Waals surface area contributed by atoms with E-state index in [9.17, 15) is 9.59 Å². The van der Waals surface area contributed by atoms with Crippen molar-refractivity contribution in [1.82, 2.24) is 9.36 Å². The molecule has 0 saturated heterocycles. The SMILES string of the molecule is Cc1c(NC(=O)[C@@H]2C[C@@H]2C)c(=O)n(-c2ccccc2)n1C. The van der Waals surface area contributed by atoms with E-state index in [0.29, 0.717) is 11.6 Å². The van der Waals surface area contributed by atoms with Gasteiger partial charge in [-0.2, -0.15) is 0 Å². The lowest BCUT2D eigenvalue weighted by Crippen LogP contribution is -2.23. The first kappa shape index (κ1) is 13.7. The molecule has 2 aromatic rings. The predicted molar refractivity (Wildman–Crippen MR) is 81.6 cm³/mol. The third-order valence-corrected chi connectivity index (χ3v) is 4.25. The second-order valence-corrected chi connectivity index (χ2v) is 5.75. The normalized spacial score (nSPS) is 20.3. The lowest BCUT2D eigenvalue weighted by molar-refractivity contribution is -0.117. The quantitative estimate of drug-likeness (QED) is 0.938. The Kier molecular flexibility index (Phi) is 3.20. The van der Waals surface area contributed by atoms with Gasteiger partial charge >= 0.3 is 0 Å². The molecule has 0 radical (unpaired) electrons. The third-order valence-electron chi connectivity index (χ3n) is 4.25. The first-order valence-electron chi connectivity index (χ1n) is 7.15. The smallest absolute Gasteiger partial charge is 0.295 e. The number of hydrogen-bond acceptors (Lipinski definition) is 2. The molecule has 5 heteroatoms. The van der Waals surface area contributed by atoms with Gasteiger partial charge < -0.3 is 5.32 Å². The van der Waals surface area contributed by atoms with Crippen LogP contribution < -0.4 is 10.9 Å². The van der Waals surface area contributed by atoms with E-state index in [1.165, 1.54) is 0 Å². The summed E-state index contributed by atoms with van der Waals surface area (Å²) in [5, 5.41) is 2.81. The number of carbonyl (C=O) groups is 1. The number of anilines is 1. The van der Waals surface area contributed by atoms with E-state index < -0.39 is 0 Å². The van der Waals surface area contributed by atoms with Crippen LogP contribution in [-0.2, 0) is 11.8 Å². The van der Waals surface area contributed by atoms with E-state index >= 15 is 0 Å². The zero-order chi connectivity index (χ0) is 15.1. The summed E-state index contributed by atoms with van der Waals surface area (Å²) >= 11 is 0. The van der Waals surface area contributed by atoms with Gasteiger partial charge in [0.2, 0.25) is 5.91 Å². The van der Waals surface area contributed by atoms with Crippen LogP contribution in [0.3, 0.4) is 0 Å². The molecule has 0 spiro atoms. The van der Waals surface area contributed by atoms with Crippen LogP contribution >= 0.6 is 0 Å². The van der Waals surface area contributed by atoms with Gasteiger partial charge in [0.25, 0.3) is 5.56 Å². The van der Waals surface area contributed by atoms with Gasteiger partial charge in [-0.05, 0) is 31.4 Å². The molecule has 1 heterocycles. The van der Waals surface area contributed by atoms with Crippen molar-refractivity contribution >= 4 is 11.6 Å². The summed E-state index contributed by atoms with van der Waals surface area (Å²) < 4.78 is 3.34. The highest BCUT2D eigenvalue weighted by molar-refractivity contribution is 5.94. The Labute approximate surface area is 123 Å². The fourth-order valence-corrected chi connectivity index (χ4v) is 2.62. The minimum Gasteiger partial charge on any atom is -0.320 e. The minimum absolute atomic E-state index is 0.0477. The zero-order valence-corrected chi connectivity index (χ0v) is 12.5. The Morgan fingerprint density at radius 1 is 1.29 bits per heavy atom. The van der Waals surface area contributed by atoms with Gasteiger partial charge in [-0.3, -0.25) is 14.3 Å². The maximum atomic E-state index is 12.6. The molecule has 1 aromatic heterocycles. The van der Waals surface area contributed by atoms with Crippen LogP contribution in [-0.4, -0.2) is 15.3 Å². The van der Waals surface area contributed by atoms with E-state index in [1.54, 1.807) is 9.36 Å². The molecule has 1 aliphatic rings. The molecule has 21 heavy (non-hydrogen) atoms. The number of amides is 1. The van der Waals surface area contributed by atoms with Crippen LogP contribution in [0.25, 0.3) is 5.69 Å². The molecular weight excluding hydrogens is 266 g/mol. The fraction of sp³-hybridized carbons (Fsp3) is 0.375. The van der Waals surface area contributed by atoms with E-state index in [1.807, 2.05) is 51.2 Å². The Bertz CT molecular complexity index is 743. The van der Waals surface area contributed by atoms with Gasteiger partial charge in [-0.25, -0.2) is 4.68 Å². The second-order valence-electron chi connectivity index (χ2n) is 5.75. The maximum Gasteiger partial charge on any atom is 0.295 e. The summed E-state index contributed by atoms with van der Waals surface area (Å²) in [6.07, 6.45) is 0.907. The molecule has 3 rings (SSSR count). The number of carbonyl (C=O) groups excluding carboxylic acids is 1. The van der Waals surface area contributed by atoms with Crippen LogP contribution in [0.4, 0.5) is 5.69 Å². The number of nitrogens with zero attached hydrogens (tertiary/aromatic N) is 2. The Morgan fingerprint density at radius 3 is 2.48 bits per heavy atom. The van der Waals surface area contributed by atoms with Crippen LogP contribution in [0.5, 0.6) is 0 Å². The molecule has 110 valence electrons. The Hall–Kier alpha value is -2.30. The highest BCUT2D eigenvalue weighted by Crippen LogP contribution is 2.38. The van der Waals surface area contributed by atoms with Crippen LogP contribution in [0.2, 0.25) is 0 Å². The lowest BCUT2D eigenvalue weighted by Gasteiger charge is -2.07. The number of nitrogens with one attached hydrogen (secondary N) is 1. The molecule has 1 saturated carbocycles. The maximum absolute atomic E-state index is 12.6. The minimum atomic E-state index is -0.192. The highest BCUT2D eigenvalue weighted by Gasteiger charge is 2.39. The summed E-state index contributed by atoms with van der Waals surface area (Å²) in [5.41, 5.74) is 1.73. The average Bonchev–Trinajstić information content (AvgIpc) is 3.17. The molecule has 0 aliphatic heterocycles. The summed E-state index contributed by atoms with van der Waals surface area (Å²) in [6, 6.07) is 9.41. The summed E-state index contributed by atoms with van der Waals surface area (Å²) in [4.78, 5) is 24.7. The highest BCUT2D eigenvalue weighted by atomic mass is 16.2. The van der Waals surface area contributed by atoms with Gasteiger partial charge in [0, 0.05) is 13.0 Å². The summed E-state index contributed by atoms with van der Waals surface area (Å²) in [6.45, 7) is 3.89. The lowest BCUT2D eigenvalue weighted by atomic mass is 10.3. The predicted octanol–water partition coefficient (Wildman–Crippen LogP) is 2.08. The number of benzene rings is 1. The first-order chi connectivity index (χ1) is 10.0. The number of hydrogen-bond donors (Lipinski definition) is 1. The van der Waals surface area contributed by atoms with Gasteiger partial charge in [0.1, 0.15) is 5.69 Å². The Balaban J connectivity index is 2.00. The zero-order valence-electron chi connectivity index (χ0n) is 12.5. The fourth-order valence-electron chi connectivity index (χ4n) is 2.62. The monoisotopic (exact) mass is 285 g/mol. The largest absolute Gasteiger partial charge is 0.320 e. The summed E-state index contributed by atoms with van der Waals surface area (Å²) in [5.74, 6) is 0.424. The average molecular weight is 285 g/mol. The molecule has 5 nitrogen and oxygen atoms in total. The molecule has 1 fully saturated rings. The molecule has 2 atom stereocenters. The topological polar surface area (TPSA) is 56.0 Å². The van der Waals surface area contributed by atoms with Crippen molar-refractivity contribution in [2.24, 2.45) is 18.9 Å². The van der Waals surface area contributed by atoms with E-state index in [2.05, 4.69) is 5.32 Å². The first-order valence-corrected chi connectivity index (χ1v) is 7.15. The van der Waals surface area contributed by atoms with Gasteiger partial charge in [0.05, 0.1) is 11.4 Å². The van der Waals surface area contributed by atoms with E-state index in [0.717, 1.165) is 17.8 Å². The molecule has 1 amide bonds. The summed E-state index contributed by atoms with van der Waals surface area (Å²) in [7, 11) is 1.82. The van der Waals surface area contributed by atoms with Crippen molar-refractivity contribution in [2.75, 3.05) is 5.32 Å². The molecule has 1 aliphatic carbocycles. The van der Waals surface area contributed by atoms with Crippen LogP contribution in [0.15, 0.2) is 35.1 Å². The van der Waals surface area contributed by atoms with Gasteiger partial charge in [-0.1, -0.05) is 25.1 Å². The van der Waals surface area contributed by atoms with Crippen LogP contribution in [0, 0.1) is 18.8 Å².